The van der Waals surface area contributed by atoms with Crippen LogP contribution in [0, 0.1) is 0 Å². The molecule has 0 saturated carbocycles. The molecular weight excluding hydrogens is 258 g/mol. The standard InChI is InChI=1S/C15H31NO4/c17-13-11-14(18)10-8-6-4-2-1-3-5-7-9-12-16-15(19)20/h14,16-18H,1-13H2,(H,19,20). The number of amides is 1. The van der Waals surface area contributed by atoms with E-state index in [1.165, 1.54) is 32.1 Å². The van der Waals surface area contributed by atoms with Crippen molar-refractivity contribution in [1.82, 2.24) is 5.32 Å². The maximum atomic E-state index is 10.2. The molecule has 0 aliphatic heterocycles. The first kappa shape index (κ1) is 19.2. The monoisotopic (exact) mass is 289 g/mol. The Hall–Kier alpha value is -0.810. The number of unbranched alkanes of at least 4 members (excludes halogenated alkanes) is 8. The summed E-state index contributed by atoms with van der Waals surface area (Å²) in [5.41, 5.74) is 0. The summed E-state index contributed by atoms with van der Waals surface area (Å²) in [6.07, 6.45) is 10.3. The quantitative estimate of drug-likeness (QED) is 0.370. The minimum absolute atomic E-state index is 0.0726. The lowest BCUT2D eigenvalue weighted by Crippen LogP contribution is -2.21. The summed E-state index contributed by atoms with van der Waals surface area (Å²) >= 11 is 0. The highest BCUT2D eigenvalue weighted by Gasteiger charge is 2.02. The van der Waals surface area contributed by atoms with E-state index in [0.29, 0.717) is 13.0 Å². The summed E-state index contributed by atoms with van der Waals surface area (Å²) in [4.78, 5) is 10.2. The van der Waals surface area contributed by atoms with Crippen molar-refractivity contribution in [2.45, 2.75) is 76.7 Å². The highest BCUT2D eigenvalue weighted by atomic mass is 16.4. The fourth-order valence-electron chi connectivity index (χ4n) is 2.23. The fourth-order valence-corrected chi connectivity index (χ4v) is 2.23. The van der Waals surface area contributed by atoms with Crippen molar-refractivity contribution >= 4 is 6.09 Å². The largest absolute Gasteiger partial charge is 0.465 e. The Bertz CT molecular complexity index is 224. The van der Waals surface area contributed by atoms with Gasteiger partial charge < -0.3 is 20.6 Å². The molecule has 0 fully saturated rings. The molecule has 0 aliphatic carbocycles. The van der Waals surface area contributed by atoms with Crippen LogP contribution in [0.4, 0.5) is 4.79 Å². The lowest BCUT2D eigenvalue weighted by molar-refractivity contribution is 0.122. The van der Waals surface area contributed by atoms with Crippen LogP contribution in [-0.2, 0) is 0 Å². The molecule has 5 nitrogen and oxygen atoms in total. The third-order valence-corrected chi connectivity index (χ3v) is 3.45. The molecule has 0 rings (SSSR count). The van der Waals surface area contributed by atoms with Crippen LogP contribution in [0.25, 0.3) is 0 Å². The molecule has 1 unspecified atom stereocenters. The summed E-state index contributed by atoms with van der Waals surface area (Å²) in [5, 5.41) is 28.8. The Morgan fingerprint density at radius 3 is 1.85 bits per heavy atom. The van der Waals surface area contributed by atoms with Gasteiger partial charge in [0.1, 0.15) is 0 Å². The Morgan fingerprint density at radius 2 is 1.35 bits per heavy atom. The van der Waals surface area contributed by atoms with Crippen LogP contribution in [0.2, 0.25) is 0 Å². The van der Waals surface area contributed by atoms with Gasteiger partial charge in [-0.3, -0.25) is 0 Å². The summed E-state index contributed by atoms with van der Waals surface area (Å²) in [6.45, 7) is 0.634. The first-order valence-electron chi connectivity index (χ1n) is 7.92. The highest BCUT2D eigenvalue weighted by Crippen LogP contribution is 2.12. The number of hydrogen-bond acceptors (Lipinski definition) is 3. The van der Waals surface area contributed by atoms with Gasteiger partial charge in [-0.2, -0.15) is 0 Å². The van der Waals surface area contributed by atoms with Crippen LogP contribution in [0.15, 0.2) is 0 Å². The van der Waals surface area contributed by atoms with Crippen LogP contribution >= 0.6 is 0 Å². The molecule has 0 radical (unpaired) electrons. The van der Waals surface area contributed by atoms with Gasteiger partial charge in [0.2, 0.25) is 0 Å². The second kappa shape index (κ2) is 14.6. The van der Waals surface area contributed by atoms with Gasteiger partial charge in [-0.15, -0.1) is 0 Å². The molecule has 0 spiro atoms. The fraction of sp³-hybridized carbons (Fsp3) is 0.933. The zero-order chi connectivity index (χ0) is 15.1. The number of rotatable bonds is 14. The van der Waals surface area contributed by atoms with Gasteiger partial charge in [0, 0.05) is 13.2 Å². The Balaban J connectivity index is 3.04. The van der Waals surface area contributed by atoms with Crippen molar-refractivity contribution in [3.8, 4) is 0 Å². The van der Waals surface area contributed by atoms with E-state index < -0.39 is 6.09 Å². The molecule has 1 amide bonds. The topological polar surface area (TPSA) is 89.8 Å². The third kappa shape index (κ3) is 15.2. The minimum atomic E-state index is -0.936. The SMILES string of the molecule is O=C(O)NCCCCCCCCCCCC(O)CCO. The van der Waals surface area contributed by atoms with E-state index in [0.717, 1.165) is 32.1 Å². The summed E-state index contributed by atoms with van der Waals surface area (Å²) in [7, 11) is 0. The molecule has 0 bridgehead atoms. The molecule has 0 heterocycles. The van der Waals surface area contributed by atoms with E-state index in [1.807, 2.05) is 0 Å². The smallest absolute Gasteiger partial charge is 0.404 e. The number of carboxylic acid groups (broad SMARTS) is 1. The van der Waals surface area contributed by atoms with Crippen molar-refractivity contribution in [3.05, 3.63) is 0 Å². The van der Waals surface area contributed by atoms with E-state index in [1.54, 1.807) is 0 Å². The second-order valence-corrected chi connectivity index (χ2v) is 5.37. The maximum absolute atomic E-state index is 10.2. The van der Waals surface area contributed by atoms with Crippen molar-refractivity contribution in [2.75, 3.05) is 13.2 Å². The van der Waals surface area contributed by atoms with Crippen molar-refractivity contribution in [3.63, 3.8) is 0 Å². The zero-order valence-corrected chi connectivity index (χ0v) is 12.5. The summed E-state index contributed by atoms with van der Waals surface area (Å²) < 4.78 is 0. The predicted molar refractivity (Wildman–Crippen MR) is 79.9 cm³/mol. The number of aliphatic hydroxyl groups is 2. The highest BCUT2D eigenvalue weighted by molar-refractivity contribution is 5.64. The summed E-state index contributed by atoms with van der Waals surface area (Å²) in [5.74, 6) is 0. The normalized spacial score (nSPS) is 12.3. The van der Waals surface area contributed by atoms with Gasteiger partial charge in [-0.25, -0.2) is 4.79 Å². The van der Waals surface area contributed by atoms with Gasteiger partial charge in [0.15, 0.2) is 0 Å². The Kier molecular flexibility index (Phi) is 14.0. The van der Waals surface area contributed by atoms with Crippen LogP contribution in [0.3, 0.4) is 0 Å². The average Bonchev–Trinajstić information content (AvgIpc) is 2.40. The van der Waals surface area contributed by atoms with E-state index in [9.17, 15) is 9.90 Å². The predicted octanol–water partition coefficient (Wildman–Crippen LogP) is 2.90. The van der Waals surface area contributed by atoms with Gasteiger partial charge in [0.25, 0.3) is 0 Å². The lowest BCUT2D eigenvalue weighted by Gasteiger charge is -2.08. The van der Waals surface area contributed by atoms with Crippen LogP contribution in [-0.4, -0.2) is 40.7 Å². The molecule has 1 atom stereocenters. The first-order chi connectivity index (χ1) is 9.66. The maximum Gasteiger partial charge on any atom is 0.404 e. The molecule has 5 heteroatoms. The molecule has 0 saturated heterocycles. The third-order valence-electron chi connectivity index (χ3n) is 3.45. The summed E-state index contributed by atoms with van der Waals surface area (Å²) in [6, 6.07) is 0. The first-order valence-corrected chi connectivity index (χ1v) is 7.92. The molecule has 20 heavy (non-hydrogen) atoms. The van der Waals surface area contributed by atoms with E-state index in [4.69, 9.17) is 10.2 Å². The van der Waals surface area contributed by atoms with Gasteiger partial charge in [-0.1, -0.05) is 51.4 Å². The van der Waals surface area contributed by atoms with Gasteiger partial charge in [-0.05, 0) is 19.3 Å². The Morgan fingerprint density at radius 1 is 0.850 bits per heavy atom. The second-order valence-electron chi connectivity index (χ2n) is 5.37. The molecule has 0 aliphatic rings. The van der Waals surface area contributed by atoms with Crippen LogP contribution in [0.1, 0.15) is 70.6 Å². The van der Waals surface area contributed by atoms with Crippen LogP contribution < -0.4 is 5.32 Å². The molecule has 120 valence electrons. The van der Waals surface area contributed by atoms with Crippen LogP contribution in [0.5, 0.6) is 0 Å². The number of carbonyl (C=O) groups is 1. The molecule has 4 N–H and O–H groups in total. The van der Waals surface area contributed by atoms with Crippen molar-refractivity contribution in [2.24, 2.45) is 0 Å². The molecule has 0 aromatic carbocycles. The van der Waals surface area contributed by atoms with Gasteiger partial charge >= 0.3 is 6.09 Å². The number of nitrogens with one attached hydrogen (secondary N) is 1. The van der Waals surface area contributed by atoms with Gasteiger partial charge in [0.05, 0.1) is 6.10 Å². The lowest BCUT2D eigenvalue weighted by atomic mass is 10.0. The molecule has 0 aromatic heterocycles. The minimum Gasteiger partial charge on any atom is -0.465 e. The van der Waals surface area contributed by atoms with Crippen molar-refractivity contribution < 1.29 is 20.1 Å². The number of hydrogen-bond donors (Lipinski definition) is 4. The van der Waals surface area contributed by atoms with Crippen molar-refractivity contribution in [1.29, 1.82) is 0 Å². The number of aliphatic hydroxyl groups excluding tert-OH is 2. The average molecular weight is 289 g/mol. The van der Waals surface area contributed by atoms with E-state index >= 15 is 0 Å². The van der Waals surface area contributed by atoms with E-state index in [2.05, 4.69) is 5.32 Å². The molecule has 0 aromatic rings. The molecular formula is C15H31NO4. The zero-order valence-electron chi connectivity index (χ0n) is 12.5. The van der Waals surface area contributed by atoms with E-state index in [-0.39, 0.29) is 12.7 Å². The Labute approximate surface area is 122 Å².